The molecule has 0 aromatic heterocycles. The van der Waals surface area contributed by atoms with Gasteiger partial charge in [0.15, 0.2) is 0 Å². The first-order valence-electron chi connectivity index (χ1n) is 7.73. The van der Waals surface area contributed by atoms with Gasteiger partial charge in [-0.2, -0.15) is 13.2 Å². The van der Waals surface area contributed by atoms with Crippen LogP contribution >= 0.6 is 0 Å². The van der Waals surface area contributed by atoms with Gasteiger partial charge in [0.1, 0.15) is 5.82 Å². The van der Waals surface area contributed by atoms with Crippen molar-refractivity contribution in [3.8, 4) is 0 Å². The zero-order chi connectivity index (χ0) is 17.9. The SMILES string of the molecule is CN(C(=O)Nc1ccc(F)cc1C(F)(F)F)C1CCC(CO)CC1. The smallest absolute Gasteiger partial charge is 0.396 e. The van der Waals surface area contributed by atoms with Gasteiger partial charge in [0, 0.05) is 19.7 Å². The fourth-order valence-electron chi connectivity index (χ4n) is 2.94. The molecular formula is C16H20F4N2O2. The Labute approximate surface area is 137 Å². The van der Waals surface area contributed by atoms with Crippen LogP contribution in [0.4, 0.5) is 28.0 Å². The van der Waals surface area contributed by atoms with Crippen LogP contribution in [0.1, 0.15) is 31.2 Å². The highest BCUT2D eigenvalue weighted by molar-refractivity contribution is 5.90. The monoisotopic (exact) mass is 348 g/mol. The van der Waals surface area contributed by atoms with Crippen LogP contribution in [-0.2, 0) is 6.18 Å². The molecule has 0 spiro atoms. The van der Waals surface area contributed by atoms with Gasteiger partial charge >= 0.3 is 12.2 Å². The van der Waals surface area contributed by atoms with Crippen molar-refractivity contribution in [1.29, 1.82) is 0 Å². The molecule has 1 fully saturated rings. The number of benzene rings is 1. The third-order valence-corrected chi connectivity index (χ3v) is 4.47. The fourth-order valence-corrected chi connectivity index (χ4v) is 2.94. The maximum Gasteiger partial charge on any atom is 0.418 e. The van der Waals surface area contributed by atoms with Crippen molar-refractivity contribution in [2.24, 2.45) is 5.92 Å². The minimum atomic E-state index is -4.76. The van der Waals surface area contributed by atoms with E-state index in [1.165, 1.54) is 11.9 Å². The number of carbonyl (C=O) groups is 1. The van der Waals surface area contributed by atoms with Crippen LogP contribution in [0.15, 0.2) is 18.2 Å². The first-order chi connectivity index (χ1) is 11.2. The molecule has 134 valence electrons. The first-order valence-corrected chi connectivity index (χ1v) is 7.73. The van der Waals surface area contributed by atoms with E-state index >= 15 is 0 Å². The Morgan fingerprint density at radius 2 is 1.92 bits per heavy atom. The van der Waals surface area contributed by atoms with Crippen LogP contribution < -0.4 is 5.32 Å². The largest absolute Gasteiger partial charge is 0.418 e. The summed E-state index contributed by atoms with van der Waals surface area (Å²) in [5, 5.41) is 11.3. The number of anilines is 1. The van der Waals surface area contributed by atoms with Crippen molar-refractivity contribution in [3.63, 3.8) is 0 Å². The van der Waals surface area contributed by atoms with Crippen molar-refractivity contribution < 1.29 is 27.5 Å². The molecule has 1 saturated carbocycles. The molecule has 1 aliphatic carbocycles. The lowest BCUT2D eigenvalue weighted by atomic mass is 9.86. The van der Waals surface area contributed by atoms with E-state index in [2.05, 4.69) is 5.32 Å². The third-order valence-electron chi connectivity index (χ3n) is 4.47. The number of aliphatic hydroxyl groups excluding tert-OH is 1. The summed E-state index contributed by atoms with van der Waals surface area (Å²) in [6.45, 7) is 0.104. The summed E-state index contributed by atoms with van der Waals surface area (Å²) in [6, 6.07) is 1.38. The van der Waals surface area contributed by atoms with E-state index in [0.717, 1.165) is 25.0 Å². The summed E-state index contributed by atoms with van der Waals surface area (Å²) < 4.78 is 52.0. The lowest BCUT2D eigenvalue weighted by Gasteiger charge is -2.34. The summed E-state index contributed by atoms with van der Waals surface area (Å²) in [6.07, 6.45) is -1.86. The summed E-state index contributed by atoms with van der Waals surface area (Å²) in [5.74, 6) is -0.803. The Balaban J connectivity index is 2.07. The zero-order valence-corrected chi connectivity index (χ0v) is 13.2. The molecule has 1 aliphatic rings. The molecule has 4 nitrogen and oxygen atoms in total. The molecule has 0 bridgehead atoms. The number of aliphatic hydroxyl groups is 1. The number of hydrogen-bond acceptors (Lipinski definition) is 2. The second kappa shape index (κ2) is 7.38. The number of halogens is 4. The maximum atomic E-state index is 13.1. The Morgan fingerprint density at radius 3 is 2.46 bits per heavy atom. The van der Waals surface area contributed by atoms with Crippen LogP contribution in [0, 0.1) is 11.7 Å². The van der Waals surface area contributed by atoms with Crippen LogP contribution in [0.3, 0.4) is 0 Å². The Morgan fingerprint density at radius 1 is 1.29 bits per heavy atom. The topological polar surface area (TPSA) is 52.6 Å². The fraction of sp³-hybridized carbons (Fsp3) is 0.562. The molecule has 1 aromatic rings. The highest BCUT2D eigenvalue weighted by Gasteiger charge is 2.35. The van der Waals surface area contributed by atoms with Crippen molar-refractivity contribution >= 4 is 11.7 Å². The molecule has 0 atom stereocenters. The maximum absolute atomic E-state index is 13.1. The molecule has 2 N–H and O–H groups in total. The summed E-state index contributed by atoms with van der Waals surface area (Å²) >= 11 is 0. The van der Waals surface area contributed by atoms with Gasteiger partial charge < -0.3 is 15.3 Å². The predicted octanol–water partition coefficient (Wildman–Crippen LogP) is 3.86. The average molecular weight is 348 g/mol. The van der Waals surface area contributed by atoms with Gasteiger partial charge in [-0.25, -0.2) is 9.18 Å². The zero-order valence-electron chi connectivity index (χ0n) is 13.2. The molecule has 0 radical (unpaired) electrons. The van der Waals surface area contributed by atoms with Gasteiger partial charge in [0.05, 0.1) is 11.3 Å². The van der Waals surface area contributed by atoms with E-state index in [0.29, 0.717) is 18.9 Å². The molecule has 0 unspecified atom stereocenters. The van der Waals surface area contributed by atoms with E-state index in [4.69, 9.17) is 5.11 Å². The standard InChI is InChI=1S/C16H20F4N2O2/c1-22(12-5-2-10(9-23)3-6-12)15(24)21-14-7-4-11(17)8-13(14)16(18,19)20/h4,7-8,10,12,23H,2-3,5-6,9H2,1H3,(H,21,24). The Kier molecular flexibility index (Phi) is 5.69. The summed E-state index contributed by atoms with van der Waals surface area (Å²) in [7, 11) is 1.52. The molecular weight excluding hydrogens is 328 g/mol. The number of rotatable bonds is 3. The number of amides is 2. The normalized spacial score (nSPS) is 21.4. The number of carbonyl (C=O) groups excluding carboxylic acids is 1. The van der Waals surface area contributed by atoms with E-state index in [1.54, 1.807) is 0 Å². The Bertz CT molecular complexity index is 584. The minimum Gasteiger partial charge on any atom is -0.396 e. The van der Waals surface area contributed by atoms with Crippen molar-refractivity contribution in [1.82, 2.24) is 4.90 Å². The van der Waals surface area contributed by atoms with Gasteiger partial charge in [-0.05, 0) is 49.8 Å². The van der Waals surface area contributed by atoms with Crippen LogP contribution in [0.5, 0.6) is 0 Å². The molecule has 24 heavy (non-hydrogen) atoms. The van der Waals surface area contributed by atoms with Gasteiger partial charge in [-0.3, -0.25) is 0 Å². The number of urea groups is 1. The minimum absolute atomic E-state index is 0.0948. The number of alkyl halides is 3. The van der Waals surface area contributed by atoms with E-state index in [-0.39, 0.29) is 18.6 Å². The Hall–Kier alpha value is -1.83. The molecule has 0 heterocycles. The van der Waals surface area contributed by atoms with Gasteiger partial charge in [-0.1, -0.05) is 0 Å². The van der Waals surface area contributed by atoms with Crippen LogP contribution in [0.25, 0.3) is 0 Å². The van der Waals surface area contributed by atoms with E-state index in [9.17, 15) is 22.4 Å². The summed E-state index contributed by atoms with van der Waals surface area (Å²) in [4.78, 5) is 13.6. The van der Waals surface area contributed by atoms with E-state index in [1.807, 2.05) is 0 Å². The quantitative estimate of drug-likeness (QED) is 0.815. The third kappa shape index (κ3) is 4.37. The summed E-state index contributed by atoms with van der Waals surface area (Å²) in [5.41, 5.74) is -1.68. The van der Waals surface area contributed by atoms with E-state index < -0.39 is 29.3 Å². The van der Waals surface area contributed by atoms with Gasteiger partial charge in [0.2, 0.25) is 0 Å². The highest BCUT2D eigenvalue weighted by Crippen LogP contribution is 2.35. The lowest BCUT2D eigenvalue weighted by molar-refractivity contribution is -0.137. The van der Waals surface area contributed by atoms with Crippen molar-refractivity contribution in [3.05, 3.63) is 29.6 Å². The molecule has 8 heteroatoms. The molecule has 0 saturated heterocycles. The van der Waals surface area contributed by atoms with Crippen molar-refractivity contribution in [2.75, 3.05) is 19.0 Å². The molecule has 2 rings (SSSR count). The molecule has 0 aliphatic heterocycles. The van der Waals surface area contributed by atoms with Crippen molar-refractivity contribution in [2.45, 2.75) is 37.9 Å². The predicted molar refractivity (Wildman–Crippen MR) is 81.0 cm³/mol. The van der Waals surface area contributed by atoms with Gasteiger partial charge in [-0.15, -0.1) is 0 Å². The number of nitrogens with one attached hydrogen (secondary N) is 1. The first kappa shape index (κ1) is 18.5. The van der Waals surface area contributed by atoms with Crippen LogP contribution in [-0.4, -0.2) is 35.7 Å². The highest BCUT2D eigenvalue weighted by atomic mass is 19.4. The molecule has 2 amide bonds. The van der Waals surface area contributed by atoms with Gasteiger partial charge in [0.25, 0.3) is 0 Å². The number of nitrogens with zero attached hydrogens (tertiary/aromatic N) is 1. The number of hydrogen-bond donors (Lipinski definition) is 2. The average Bonchev–Trinajstić information content (AvgIpc) is 2.55. The second-order valence-electron chi connectivity index (χ2n) is 6.09. The second-order valence-corrected chi connectivity index (χ2v) is 6.09. The molecule has 1 aromatic carbocycles. The lowest BCUT2D eigenvalue weighted by Crippen LogP contribution is -2.42. The van der Waals surface area contributed by atoms with Crippen LogP contribution in [0.2, 0.25) is 0 Å².